The van der Waals surface area contributed by atoms with E-state index < -0.39 is 0 Å². The van der Waals surface area contributed by atoms with Gasteiger partial charge in [-0.25, -0.2) is 14.6 Å². The molecule has 5 rings (SSSR count). The first-order chi connectivity index (χ1) is 15.1. The molecule has 4 aromatic rings. The Morgan fingerprint density at radius 1 is 1.06 bits per heavy atom. The van der Waals surface area contributed by atoms with Crippen molar-refractivity contribution in [2.45, 2.75) is 32.8 Å². The first kappa shape index (κ1) is 19.4. The van der Waals surface area contributed by atoms with Gasteiger partial charge in [-0.1, -0.05) is 12.1 Å². The van der Waals surface area contributed by atoms with E-state index in [0.717, 1.165) is 59.0 Å². The fraction of sp³-hybridized carbons (Fsp3) is 0.304. The van der Waals surface area contributed by atoms with Crippen LogP contribution in [0.4, 0.5) is 17.5 Å². The Morgan fingerprint density at radius 2 is 1.97 bits per heavy atom. The van der Waals surface area contributed by atoms with Gasteiger partial charge in [0.2, 0.25) is 5.95 Å². The van der Waals surface area contributed by atoms with Crippen molar-refractivity contribution >= 4 is 28.4 Å². The van der Waals surface area contributed by atoms with Crippen LogP contribution in [0.25, 0.3) is 16.7 Å². The summed E-state index contributed by atoms with van der Waals surface area (Å²) in [5, 5.41) is 18.9. The first-order valence-electron chi connectivity index (χ1n) is 10.5. The fourth-order valence-corrected chi connectivity index (χ4v) is 4.09. The molecule has 1 fully saturated rings. The number of nitrogens with zero attached hydrogens (tertiary/aromatic N) is 6. The number of aryl methyl sites for hydroxylation is 2. The maximum Gasteiger partial charge on any atom is 0.229 e. The molecule has 1 unspecified atom stereocenters. The van der Waals surface area contributed by atoms with Crippen LogP contribution in [-0.2, 0) is 0 Å². The zero-order valence-electron chi connectivity index (χ0n) is 17.7. The zero-order valence-corrected chi connectivity index (χ0v) is 17.7. The Labute approximate surface area is 180 Å². The number of aromatic nitrogens is 5. The molecule has 3 aromatic heterocycles. The zero-order chi connectivity index (χ0) is 21.4. The highest BCUT2D eigenvalue weighted by Crippen LogP contribution is 2.26. The second kappa shape index (κ2) is 7.96. The molecule has 0 bridgehead atoms. The Hall–Kier alpha value is -3.52. The van der Waals surface area contributed by atoms with Crippen molar-refractivity contribution in [3.63, 3.8) is 0 Å². The van der Waals surface area contributed by atoms with Gasteiger partial charge >= 0.3 is 0 Å². The van der Waals surface area contributed by atoms with Gasteiger partial charge in [-0.05, 0) is 57.0 Å². The quantitative estimate of drug-likeness (QED) is 0.527. The predicted molar refractivity (Wildman–Crippen MR) is 121 cm³/mol. The molecule has 1 atom stereocenters. The largest absolute Gasteiger partial charge is 0.391 e. The Morgan fingerprint density at radius 3 is 2.77 bits per heavy atom. The summed E-state index contributed by atoms with van der Waals surface area (Å²) in [5.41, 5.74) is 3.65. The third kappa shape index (κ3) is 3.94. The molecule has 0 spiro atoms. The van der Waals surface area contributed by atoms with Crippen molar-refractivity contribution in [3.05, 3.63) is 60.0 Å². The van der Waals surface area contributed by atoms with Gasteiger partial charge in [0.15, 0.2) is 5.82 Å². The average molecular weight is 416 g/mol. The van der Waals surface area contributed by atoms with Crippen LogP contribution in [0.2, 0.25) is 0 Å². The van der Waals surface area contributed by atoms with Gasteiger partial charge in [0, 0.05) is 30.4 Å². The molecule has 4 heterocycles. The molecule has 158 valence electrons. The molecule has 0 saturated carbocycles. The van der Waals surface area contributed by atoms with Crippen LogP contribution in [0, 0.1) is 13.8 Å². The number of β-amino-alcohol motifs (C(OH)–C–C–N with tert-alkyl or cyclic N) is 1. The van der Waals surface area contributed by atoms with E-state index >= 15 is 0 Å². The molecule has 1 aromatic carbocycles. The summed E-state index contributed by atoms with van der Waals surface area (Å²) >= 11 is 0. The summed E-state index contributed by atoms with van der Waals surface area (Å²) in [4.78, 5) is 16.1. The van der Waals surface area contributed by atoms with E-state index in [1.807, 2.05) is 61.0 Å². The number of benzene rings is 1. The van der Waals surface area contributed by atoms with Crippen LogP contribution in [0.5, 0.6) is 0 Å². The lowest BCUT2D eigenvalue weighted by Crippen LogP contribution is -2.38. The predicted octanol–water partition coefficient (Wildman–Crippen LogP) is 3.53. The number of para-hydroxylation sites is 1. The SMILES string of the molecule is Cc1cc(C)n(-c2ccc3cccc(Nc4nccc(N5CCCC(O)C5)n4)c3n2)n1. The van der Waals surface area contributed by atoms with E-state index in [4.69, 9.17) is 4.98 Å². The Kier molecular flexibility index (Phi) is 4.99. The van der Waals surface area contributed by atoms with Crippen molar-refractivity contribution in [1.29, 1.82) is 0 Å². The molecule has 0 aliphatic carbocycles. The molecule has 0 amide bonds. The number of pyridine rings is 1. The van der Waals surface area contributed by atoms with E-state index in [1.165, 1.54) is 0 Å². The van der Waals surface area contributed by atoms with Crippen molar-refractivity contribution in [2.75, 3.05) is 23.3 Å². The number of piperidine rings is 1. The van der Waals surface area contributed by atoms with Gasteiger partial charge in [0.1, 0.15) is 5.82 Å². The lowest BCUT2D eigenvalue weighted by Gasteiger charge is -2.31. The molecule has 1 saturated heterocycles. The molecule has 2 N–H and O–H groups in total. The van der Waals surface area contributed by atoms with Gasteiger partial charge in [-0.15, -0.1) is 0 Å². The number of anilines is 3. The third-order valence-electron chi connectivity index (χ3n) is 5.54. The van der Waals surface area contributed by atoms with Crippen LogP contribution < -0.4 is 10.2 Å². The highest BCUT2D eigenvalue weighted by Gasteiger charge is 2.19. The van der Waals surface area contributed by atoms with Crippen molar-refractivity contribution in [2.24, 2.45) is 0 Å². The summed E-state index contributed by atoms with van der Waals surface area (Å²) in [5.74, 6) is 2.08. The number of rotatable bonds is 4. The molecule has 1 aliphatic rings. The minimum absolute atomic E-state index is 0.310. The second-order valence-electron chi connectivity index (χ2n) is 7.99. The minimum Gasteiger partial charge on any atom is -0.391 e. The van der Waals surface area contributed by atoms with Crippen LogP contribution in [0.1, 0.15) is 24.2 Å². The summed E-state index contributed by atoms with van der Waals surface area (Å²) in [6, 6.07) is 13.9. The highest BCUT2D eigenvalue weighted by atomic mass is 16.3. The van der Waals surface area contributed by atoms with Crippen molar-refractivity contribution in [1.82, 2.24) is 24.7 Å². The molecular weight excluding hydrogens is 390 g/mol. The normalized spacial score (nSPS) is 16.6. The maximum absolute atomic E-state index is 9.99. The molecule has 1 aliphatic heterocycles. The van der Waals surface area contributed by atoms with Crippen LogP contribution in [0.3, 0.4) is 0 Å². The number of nitrogens with one attached hydrogen (secondary N) is 1. The van der Waals surface area contributed by atoms with Gasteiger partial charge < -0.3 is 15.3 Å². The Bertz CT molecular complexity index is 1240. The number of aliphatic hydroxyl groups excluding tert-OH is 1. The molecular formula is C23H25N7O. The van der Waals surface area contributed by atoms with E-state index in [0.29, 0.717) is 12.5 Å². The average Bonchev–Trinajstić information content (AvgIpc) is 3.12. The van der Waals surface area contributed by atoms with E-state index in [9.17, 15) is 5.11 Å². The van der Waals surface area contributed by atoms with Crippen molar-refractivity contribution in [3.8, 4) is 5.82 Å². The smallest absolute Gasteiger partial charge is 0.229 e. The topological polar surface area (TPSA) is 92.0 Å². The van der Waals surface area contributed by atoms with Gasteiger partial charge in [-0.3, -0.25) is 0 Å². The van der Waals surface area contributed by atoms with Gasteiger partial charge in [-0.2, -0.15) is 10.1 Å². The monoisotopic (exact) mass is 415 g/mol. The van der Waals surface area contributed by atoms with Gasteiger partial charge in [0.05, 0.1) is 23.0 Å². The summed E-state index contributed by atoms with van der Waals surface area (Å²) in [6.45, 7) is 5.48. The lowest BCUT2D eigenvalue weighted by molar-refractivity contribution is 0.154. The van der Waals surface area contributed by atoms with E-state index in [1.54, 1.807) is 6.20 Å². The summed E-state index contributed by atoms with van der Waals surface area (Å²) < 4.78 is 1.85. The maximum atomic E-state index is 9.99. The number of hydrogen-bond donors (Lipinski definition) is 2. The minimum atomic E-state index is -0.310. The fourth-order valence-electron chi connectivity index (χ4n) is 4.09. The number of fused-ring (bicyclic) bond motifs is 1. The van der Waals surface area contributed by atoms with Crippen LogP contribution in [-0.4, -0.2) is 49.0 Å². The van der Waals surface area contributed by atoms with Crippen LogP contribution >= 0.6 is 0 Å². The van der Waals surface area contributed by atoms with Gasteiger partial charge in [0.25, 0.3) is 0 Å². The summed E-state index contributed by atoms with van der Waals surface area (Å²) in [7, 11) is 0. The second-order valence-corrected chi connectivity index (χ2v) is 7.99. The van der Waals surface area contributed by atoms with E-state index in [-0.39, 0.29) is 6.10 Å². The number of hydrogen-bond acceptors (Lipinski definition) is 7. The molecule has 8 nitrogen and oxygen atoms in total. The summed E-state index contributed by atoms with van der Waals surface area (Å²) in [6.07, 6.45) is 3.23. The first-order valence-corrected chi connectivity index (χ1v) is 10.5. The Balaban J connectivity index is 1.48. The molecule has 0 radical (unpaired) electrons. The standard InChI is InChI=1S/C23H25N7O/c1-15-13-16(2)30(28-15)21-9-8-17-5-3-7-19(22(17)26-21)25-23-24-11-10-20(27-23)29-12-4-6-18(31)14-29/h3,5,7-11,13,18,31H,4,6,12,14H2,1-2H3,(H,24,25,27). The third-order valence-corrected chi connectivity index (χ3v) is 5.54. The number of aliphatic hydroxyl groups is 1. The van der Waals surface area contributed by atoms with Crippen LogP contribution in [0.15, 0.2) is 48.7 Å². The highest BCUT2D eigenvalue weighted by molar-refractivity contribution is 5.92. The molecule has 31 heavy (non-hydrogen) atoms. The van der Waals surface area contributed by atoms with Crippen molar-refractivity contribution < 1.29 is 5.11 Å². The molecule has 8 heteroatoms. The lowest BCUT2D eigenvalue weighted by atomic mass is 10.1. The van der Waals surface area contributed by atoms with E-state index in [2.05, 4.69) is 25.3 Å².